The molecule has 174 valence electrons. The third kappa shape index (κ3) is 5.30. The minimum Gasteiger partial charge on any atom is -0.344 e. The molecule has 2 N–H and O–H groups in total. The second-order valence-electron chi connectivity index (χ2n) is 9.69. The van der Waals surface area contributed by atoms with Crippen LogP contribution in [0.25, 0.3) is 0 Å². The molecule has 0 radical (unpaired) electrons. The molecule has 4 amide bonds. The summed E-state index contributed by atoms with van der Waals surface area (Å²) in [6, 6.07) is 15.5. The van der Waals surface area contributed by atoms with Crippen LogP contribution in [-0.2, 0) is 31.8 Å². The first-order valence-corrected chi connectivity index (χ1v) is 11.0. The third-order valence-corrected chi connectivity index (χ3v) is 6.01. The maximum absolute atomic E-state index is 13.2. The summed E-state index contributed by atoms with van der Waals surface area (Å²) in [5.74, 6) is -1.27. The number of carbonyl (C=O) groups is 4. The van der Waals surface area contributed by atoms with Crippen LogP contribution in [0.15, 0.2) is 54.6 Å². The van der Waals surface area contributed by atoms with Crippen molar-refractivity contribution in [2.24, 2.45) is 0 Å². The van der Waals surface area contributed by atoms with E-state index in [1.807, 2.05) is 54.6 Å². The van der Waals surface area contributed by atoms with E-state index < -0.39 is 36.0 Å². The van der Waals surface area contributed by atoms with Crippen LogP contribution in [0.3, 0.4) is 0 Å². The highest BCUT2D eigenvalue weighted by Crippen LogP contribution is 2.31. The number of ketones is 1. The molecule has 0 bridgehead atoms. The lowest BCUT2D eigenvalue weighted by Crippen LogP contribution is -2.48. The van der Waals surface area contributed by atoms with Gasteiger partial charge in [0, 0.05) is 0 Å². The van der Waals surface area contributed by atoms with E-state index in [4.69, 9.17) is 0 Å². The highest BCUT2D eigenvalue weighted by molar-refractivity contribution is 6.09. The molecule has 2 aromatic carbocycles. The Bertz CT molecular complexity index is 1060. The first kappa shape index (κ1) is 24.2. The van der Waals surface area contributed by atoms with Crippen LogP contribution in [0, 0.1) is 0 Å². The summed E-state index contributed by atoms with van der Waals surface area (Å²) in [4.78, 5) is 51.4. The third-order valence-electron chi connectivity index (χ3n) is 6.01. The lowest BCUT2D eigenvalue weighted by Gasteiger charge is -2.25. The summed E-state index contributed by atoms with van der Waals surface area (Å²) in [6.45, 7) is 8.86. The number of carbonyl (C=O) groups excluding carboxylic acids is 4. The van der Waals surface area contributed by atoms with Crippen LogP contribution in [-0.4, -0.2) is 41.1 Å². The van der Waals surface area contributed by atoms with Gasteiger partial charge in [-0.3, -0.25) is 19.3 Å². The Morgan fingerprint density at radius 1 is 1.03 bits per heavy atom. The van der Waals surface area contributed by atoms with Crippen molar-refractivity contribution >= 4 is 23.6 Å². The van der Waals surface area contributed by atoms with Gasteiger partial charge in [0.2, 0.25) is 5.91 Å². The summed E-state index contributed by atoms with van der Waals surface area (Å²) in [5, 5.41) is 5.38. The average molecular weight is 450 g/mol. The summed E-state index contributed by atoms with van der Waals surface area (Å²) in [6.07, 6.45) is 0.333. The Kier molecular flexibility index (Phi) is 6.72. The van der Waals surface area contributed by atoms with E-state index in [1.165, 1.54) is 6.92 Å². The number of nitrogens with one attached hydrogen (secondary N) is 2. The van der Waals surface area contributed by atoms with Crippen molar-refractivity contribution in [1.82, 2.24) is 15.5 Å². The lowest BCUT2D eigenvalue weighted by molar-refractivity contribution is -0.135. The molecule has 0 spiro atoms. The highest BCUT2D eigenvalue weighted by atomic mass is 16.2. The van der Waals surface area contributed by atoms with Crippen molar-refractivity contribution in [2.75, 3.05) is 6.54 Å². The van der Waals surface area contributed by atoms with E-state index in [-0.39, 0.29) is 11.2 Å². The van der Waals surface area contributed by atoms with Crippen molar-refractivity contribution in [3.8, 4) is 0 Å². The second-order valence-corrected chi connectivity index (χ2v) is 9.69. The van der Waals surface area contributed by atoms with Crippen LogP contribution in [0.2, 0.25) is 0 Å². The largest absolute Gasteiger partial charge is 0.344 e. The fourth-order valence-electron chi connectivity index (χ4n) is 3.87. The van der Waals surface area contributed by atoms with Gasteiger partial charge in [0.1, 0.15) is 12.1 Å². The summed E-state index contributed by atoms with van der Waals surface area (Å²) in [5.41, 5.74) is 1.34. The zero-order chi connectivity index (χ0) is 24.4. The second kappa shape index (κ2) is 9.17. The normalized spacial score (nSPS) is 19.2. The molecule has 0 unspecified atom stereocenters. The minimum atomic E-state index is -1.27. The number of hydrogen-bond donors (Lipinski definition) is 2. The molecule has 3 rings (SSSR count). The quantitative estimate of drug-likeness (QED) is 0.635. The van der Waals surface area contributed by atoms with Gasteiger partial charge in [-0.2, -0.15) is 0 Å². The van der Waals surface area contributed by atoms with Crippen molar-refractivity contribution in [3.05, 3.63) is 71.3 Å². The molecule has 33 heavy (non-hydrogen) atoms. The van der Waals surface area contributed by atoms with Gasteiger partial charge in [0.05, 0.1) is 6.04 Å². The Morgan fingerprint density at radius 3 is 2.18 bits per heavy atom. The SMILES string of the molecule is CC(=O)[C@@H](Cc1ccccc1)NC(=O)CN1C(=O)N[C@@](C)(c2ccc(C(C)(C)C)cc2)C1=O. The van der Waals surface area contributed by atoms with E-state index in [0.29, 0.717) is 12.0 Å². The predicted molar refractivity (Wildman–Crippen MR) is 125 cm³/mol. The lowest BCUT2D eigenvalue weighted by atomic mass is 9.84. The molecule has 1 aliphatic rings. The molecule has 0 saturated carbocycles. The number of urea groups is 1. The summed E-state index contributed by atoms with van der Waals surface area (Å²) in [7, 11) is 0. The monoisotopic (exact) mass is 449 g/mol. The van der Waals surface area contributed by atoms with Crippen LogP contribution in [0.4, 0.5) is 4.79 Å². The molecule has 0 aliphatic carbocycles. The molecule has 1 heterocycles. The van der Waals surface area contributed by atoms with Gasteiger partial charge in [-0.15, -0.1) is 0 Å². The maximum Gasteiger partial charge on any atom is 0.325 e. The van der Waals surface area contributed by atoms with Crippen molar-refractivity contribution in [2.45, 2.75) is 58.0 Å². The first-order chi connectivity index (χ1) is 15.4. The molecule has 2 atom stereocenters. The minimum absolute atomic E-state index is 0.0422. The average Bonchev–Trinajstić information content (AvgIpc) is 2.97. The maximum atomic E-state index is 13.2. The molecule has 2 aromatic rings. The topological polar surface area (TPSA) is 95.6 Å². The van der Waals surface area contributed by atoms with Crippen LogP contribution in [0.1, 0.15) is 51.3 Å². The Labute approximate surface area is 194 Å². The van der Waals surface area contributed by atoms with Crippen LogP contribution >= 0.6 is 0 Å². The number of rotatable bonds is 7. The number of benzene rings is 2. The summed E-state index contributed by atoms with van der Waals surface area (Å²) < 4.78 is 0. The molecular formula is C26H31N3O4. The zero-order valence-corrected chi connectivity index (χ0v) is 19.8. The first-order valence-electron chi connectivity index (χ1n) is 11.0. The van der Waals surface area contributed by atoms with Gasteiger partial charge >= 0.3 is 6.03 Å². The van der Waals surface area contributed by atoms with E-state index in [0.717, 1.165) is 16.0 Å². The summed E-state index contributed by atoms with van der Waals surface area (Å²) >= 11 is 0. The fourth-order valence-corrected chi connectivity index (χ4v) is 3.87. The van der Waals surface area contributed by atoms with Gasteiger partial charge in [-0.25, -0.2) is 4.79 Å². The van der Waals surface area contributed by atoms with E-state index in [9.17, 15) is 19.2 Å². The standard InChI is InChI=1S/C26H31N3O4/c1-17(30)21(15-18-9-7-6-8-10-18)27-22(31)16-29-23(32)26(5,28-24(29)33)20-13-11-19(12-14-20)25(2,3)4/h6-14,21H,15-16H2,1-5H3,(H,27,31)(H,28,33)/t21-,26+/m1/s1. The smallest absolute Gasteiger partial charge is 0.325 e. The van der Waals surface area contributed by atoms with Gasteiger partial charge in [-0.1, -0.05) is 75.4 Å². The fraction of sp³-hybridized carbons (Fsp3) is 0.385. The zero-order valence-electron chi connectivity index (χ0n) is 19.8. The van der Waals surface area contributed by atoms with E-state index >= 15 is 0 Å². The Morgan fingerprint density at radius 2 is 1.64 bits per heavy atom. The molecular weight excluding hydrogens is 418 g/mol. The highest BCUT2D eigenvalue weighted by Gasteiger charge is 2.49. The Hall–Kier alpha value is -3.48. The van der Waals surface area contributed by atoms with Gasteiger partial charge in [0.15, 0.2) is 5.78 Å². The van der Waals surface area contributed by atoms with Crippen molar-refractivity contribution in [1.29, 1.82) is 0 Å². The Balaban J connectivity index is 1.71. The molecule has 7 heteroatoms. The van der Waals surface area contributed by atoms with E-state index in [2.05, 4.69) is 31.4 Å². The molecule has 0 aromatic heterocycles. The van der Waals surface area contributed by atoms with Gasteiger partial charge in [0.25, 0.3) is 5.91 Å². The van der Waals surface area contributed by atoms with Crippen molar-refractivity contribution < 1.29 is 19.2 Å². The molecule has 1 fully saturated rings. The number of Topliss-reactive ketones (excluding diaryl/α,β-unsaturated/α-hetero) is 1. The number of hydrogen-bond acceptors (Lipinski definition) is 4. The number of nitrogens with zero attached hydrogens (tertiary/aromatic N) is 1. The van der Waals surface area contributed by atoms with Gasteiger partial charge in [-0.05, 0) is 42.4 Å². The van der Waals surface area contributed by atoms with Crippen molar-refractivity contribution in [3.63, 3.8) is 0 Å². The molecule has 7 nitrogen and oxygen atoms in total. The van der Waals surface area contributed by atoms with Crippen LogP contribution < -0.4 is 10.6 Å². The predicted octanol–water partition coefficient (Wildman–Crippen LogP) is 3.07. The van der Waals surface area contributed by atoms with Gasteiger partial charge < -0.3 is 10.6 Å². The van der Waals surface area contributed by atoms with Crippen LogP contribution in [0.5, 0.6) is 0 Å². The van der Waals surface area contributed by atoms with E-state index in [1.54, 1.807) is 6.92 Å². The molecule has 1 saturated heterocycles. The number of imide groups is 1. The number of amides is 4. The molecule has 1 aliphatic heterocycles.